The second-order valence-electron chi connectivity index (χ2n) is 4.71. The second kappa shape index (κ2) is 1.99. The Morgan fingerprint density at radius 2 is 1.91 bits per heavy atom. The third-order valence-corrected chi connectivity index (χ3v) is 5.15. The molecule has 0 heterocycles. The van der Waals surface area contributed by atoms with Gasteiger partial charge in [0.2, 0.25) is 0 Å². The summed E-state index contributed by atoms with van der Waals surface area (Å²) in [6.45, 7) is 0. The highest BCUT2D eigenvalue weighted by Crippen LogP contribution is 2.69. The Balaban J connectivity index is 1.91. The zero-order valence-corrected chi connectivity index (χ0v) is 7.82. The molecule has 0 radical (unpaired) electrons. The highest BCUT2D eigenvalue weighted by Gasteiger charge is 2.66. The van der Waals surface area contributed by atoms with E-state index < -0.39 is 0 Å². The van der Waals surface area contributed by atoms with Crippen LogP contribution in [0.15, 0.2) is 0 Å². The van der Waals surface area contributed by atoms with Crippen LogP contribution in [0.3, 0.4) is 0 Å². The first-order valence-corrected chi connectivity index (χ1v) is 5.49. The summed E-state index contributed by atoms with van der Waals surface area (Å²) in [4.78, 5) is 0. The first kappa shape index (κ1) is 6.82. The third kappa shape index (κ3) is 0.734. The van der Waals surface area contributed by atoms with Gasteiger partial charge in [-0.15, -0.1) is 0 Å². The van der Waals surface area contributed by atoms with Gasteiger partial charge in [-0.1, -0.05) is 25.7 Å². The van der Waals surface area contributed by atoms with Crippen LogP contribution in [-0.4, -0.2) is 4.75 Å². The molecule has 0 aromatic rings. The van der Waals surface area contributed by atoms with E-state index in [-0.39, 0.29) is 0 Å². The average molecular weight is 168 g/mol. The minimum absolute atomic E-state index is 0.541. The van der Waals surface area contributed by atoms with Crippen molar-refractivity contribution in [3.8, 4) is 0 Å². The lowest BCUT2D eigenvalue weighted by atomic mass is 9.83. The van der Waals surface area contributed by atoms with Gasteiger partial charge in [-0.25, -0.2) is 0 Å². The number of hydrogen-bond donors (Lipinski definition) is 1. The van der Waals surface area contributed by atoms with E-state index in [1.807, 2.05) is 0 Å². The molecule has 11 heavy (non-hydrogen) atoms. The number of hydrogen-bond acceptors (Lipinski definition) is 1. The molecule has 4 unspecified atom stereocenters. The highest BCUT2D eigenvalue weighted by molar-refractivity contribution is 7.82. The lowest BCUT2D eigenvalue weighted by Gasteiger charge is -2.25. The van der Waals surface area contributed by atoms with E-state index >= 15 is 0 Å². The molecule has 1 heteroatoms. The van der Waals surface area contributed by atoms with Crippen LogP contribution in [0.2, 0.25) is 0 Å². The summed E-state index contributed by atoms with van der Waals surface area (Å²) >= 11 is 4.87. The SMILES string of the molecule is SC12CCCC3CCCC1C32. The molecule has 3 saturated carbocycles. The van der Waals surface area contributed by atoms with Gasteiger partial charge >= 0.3 is 0 Å². The Morgan fingerprint density at radius 1 is 1.09 bits per heavy atom. The summed E-state index contributed by atoms with van der Waals surface area (Å²) in [7, 11) is 0. The lowest BCUT2D eigenvalue weighted by molar-refractivity contribution is 0.290. The Bertz CT molecular complexity index is 181. The molecule has 0 aliphatic heterocycles. The van der Waals surface area contributed by atoms with E-state index in [9.17, 15) is 0 Å². The van der Waals surface area contributed by atoms with Crippen molar-refractivity contribution < 1.29 is 0 Å². The smallest absolute Gasteiger partial charge is 0.0195 e. The molecule has 0 aromatic carbocycles. The van der Waals surface area contributed by atoms with Gasteiger partial charge in [0.1, 0.15) is 0 Å². The molecule has 0 amide bonds. The van der Waals surface area contributed by atoms with Gasteiger partial charge in [-0.2, -0.15) is 12.6 Å². The van der Waals surface area contributed by atoms with Crippen LogP contribution in [0.25, 0.3) is 0 Å². The third-order valence-electron chi connectivity index (χ3n) is 4.29. The van der Waals surface area contributed by atoms with E-state index in [4.69, 9.17) is 12.6 Å². The van der Waals surface area contributed by atoms with Crippen molar-refractivity contribution in [2.24, 2.45) is 17.8 Å². The standard InChI is InChI=1S/C10H16S/c11-10-6-2-4-7-3-1-5-8(10)9(7)10/h7-9,11H,1-6H2. The fraction of sp³-hybridized carbons (Fsp3) is 1.00. The van der Waals surface area contributed by atoms with E-state index in [1.165, 1.54) is 38.5 Å². The molecule has 62 valence electrons. The van der Waals surface area contributed by atoms with Crippen molar-refractivity contribution in [1.82, 2.24) is 0 Å². The predicted octanol–water partition coefficient (Wildman–Crippen LogP) is 2.89. The van der Waals surface area contributed by atoms with E-state index in [0.29, 0.717) is 4.75 Å². The Labute approximate surface area is 74.2 Å². The maximum atomic E-state index is 4.87. The molecule has 0 spiro atoms. The monoisotopic (exact) mass is 168 g/mol. The van der Waals surface area contributed by atoms with Crippen molar-refractivity contribution >= 4 is 12.6 Å². The van der Waals surface area contributed by atoms with Crippen LogP contribution in [0.1, 0.15) is 38.5 Å². The molecule has 3 aliphatic rings. The zero-order valence-electron chi connectivity index (χ0n) is 6.92. The molecular weight excluding hydrogens is 152 g/mol. The molecular formula is C10H16S. The average Bonchev–Trinajstić information content (AvgIpc) is 2.61. The highest BCUT2D eigenvalue weighted by atomic mass is 32.1. The summed E-state index contributed by atoms with van der Waals surface area (Å²) in [5.41, 5.74) is 0. The lowest BCUT2D eigenvalue weighted by Crippen LogP contribution is -2.17. The zero-order chi connectivity index (χ0) is 7.47. The van der Waals surface area contributed by atoms with Gasteiger partial charge in [0.25, 0.3) is 0 Å². The number of thiol groups is 1. The van der Waals surface area contributed by atoms with Crippen LogP contribution in [-0.2, 0) is 0 Å². The number of fused-ring (bicyclic) bond motifs is 1. The summed E-state index contributed by atoms with van der Waals surface area (Å²) < 4.78 is 0.541. The van der Waals surface area contributed by atoms with Gasteiger partial charge in [0, 0.05) is 4.75 Å². The molecule has 4 atom stereocenters. The summed E-state index contributed by atoms with van der Waals surface area (Å²) in [6.07, 6.45) is 8.90. The molecule has 0 aromatic heterocycles. The molecule has 0 nitrogen and oxygen atoms in total. The van der Waals surface area contributed by atoms with E-state index in [0.717, 1.165) is 17.8 Å². The van der Waals surface area contributed by atoms with Crippen LogP contribution in [0, 0.1) is 17.8 Å². The largest absolute Gasteiger partial charge is 0.172 e. The first-order chi connectivity index (χ1) is 5.32. The van der Waals surface area contributed by atoms with Crippen LogP contribution < -0.4 is 0 Å². The maximum absolute atomic E-state index is 4.87. The number of rotatable bonds is 0. The van der Waals surface area contributed by atoms with Crippen molar-refractivity contribution in [2.75, 3.05) is 0 Å². The Kier molecular flexibility index (Phi) is 1.23. The fourth-order valence-corrected chi connectivity index (χ4v) is 4.57. The summed E-state index contributed by atoms with van der Waals surface area (Å²) in [6, 6.07) is 0. The molecule has 3 fully saturated rings. The van der Waals surface area contributed by atoms with Gasteiger partial charge in [-0.05, 0) is 30.6 Å². The van der Waals surface area contributed by atoms with Crippen LogP contribution in [0.4, 0.5) is 0 Å². The van der Waals surface area contributed by atoms with E-state index in [1.54, 1.807) is 0 Å². The van der Waals surface area contributed by atoms with Crippen molar-refractivity contribution in [3.05, 3.63) is 0 Å². The quantitative estimate of drug-likeness (QED) is 0.528. The summed E-state index contributed by atoms with van der Waals surface area (Å²) in [5.74, 6) is 3.17. The molecule has 0 saturated heterocycles. The topological polar surface area (TPSA) is 0 Å². The van der Waals surface area contributed by atoms with Gasteiger partial charge in [0.05, 0.1) is 0 Å². The van der Waals surface area contributed by atoms with Crippen molar-refractivity contribution in [3.63, 3.8) is 0 Å². The maximum Gasteiger partial charge on any atom is 0.0195 e. The van der Waals surface area contributed by atoms with Crippen LogP contribution >= 0.6 is 12.6 Å². The normalized spacial score (nSPS) is 60.3. The molecule has 0 bridgehead atoms. The second-order valence-corrected chi connectivity index (χ2v) is 5.54. The first-order valence-electron chi connectivity index (χ1n) is 5.05. The van der Waals surface area contributed by atoms with Crippen molar-refractivity contribution in [2.45, 2.75) is 43.3 Å². The summed E-state index contributed by atoms with van der Waals surface area (Å²) in [5, 5.41) is 0. The van der Waals surface area contributed by atoms with E-state index in [2.05, 4.69) is 0 Å². The fourth-order valence-electron chi connectivity index (χ4n) is 3.80. The minimum Gasteiger partial charge on any atom is -0.172 e. The van der Waals surface area contributed by atoms with Gasteiger partial charge in [-0.3, -0.25) is 0 Å². The molecule has 3 rings (SSSR count). The molecule has 3 aliphatic carbocycles. The van der Waals surface area contributed by atoms with Gasteiger partial charge in [0.15, 0.2) is 0 Å². The van der Waals surface area contributed by atoms with Gasteiger partial charge < -0.3 is 0 Å². The Morgan fingerprint density at radius 3 is 2.73 bits per heavy atom. The molecule has 0 N–H and O–H groups in total. The Hall–Kier alpha value is 0.350. The van der Waals surface area contributed by atoms with Crippen LogP contribution in [0.5, 0.6) is 0 Å². The predicted molar refractivity (Wildman–Crippen MR) is 49.9 cm³/mol. The van der Waals surface area contributed by atoms with Crippen molar-refractivity contribution in [1.29, 1.82) is 0 Å². The minimum atomic E-state index is 0.541.